The largest absolute Gasteiger partial charge is 0.456 e. The zero-order valence-electron chi connectivity index (χ0n) is 40.1. The zero-order valence-corrected chi connectivity index (χ0v) is 40.1. The monoisotopic (exact) mass is 936 g/mol. The maximum atomic E-state index is 7.22. The summed E-state index contributed by atoms with van der Waals surface area (Å²) in [7, 11) is 0. The highest BCUT2D eigenvalue weighted by atomic mass is 16.5. The summed E-state index contributed by atoms with van der Waals surface area (Å²) in [5, 5.41) is 11.2. The Morgan fingerprint density at radius 1 is 0.301 bits per heavy atom. The van der Waals surface area contributed by atoms with Crippen molar-refractivity contribution in [3.63, 3.8) is 0 Å². The normalized spacial score (nSPS) is 12.1. The average Bonchev–Trinajstić information content (AvgIpc) is 4.02. The van der Waals surface area contributed by atoms with E-state index in [-0.39, 0.29) is 0 Å². The number of benzene rings is 12. The first-order valence-electron chi connectivity index (χ1n) is 24.9. The lowest BCUT2D eigenvalue weighted by Crippen LogP contribution is -2.12. The van der Waals surface area contributed by atoms with Crippen molar-refractivity contribution in [1.82, 2.24) is 0 Å². The van der Waals surface area contributed by atoms with Crippen LogP contribution in [0.5, 0.6) is 11.5 Å². The van der Waals surface area contributed by atoms with Gasteiger partial charge in [0.25, 0.3) is 0 Å². The lowest BCUT2D eigenvalue weighted by atomic mass is 9.87. The van der Waals surface area contributed by atoms with Gasteiger partial charge in [0.2, 0.25) is 0 Å². The number of nitrogens with zero attached hydrogens (tertiary/aromatic N) is 2. The van der Waals surface area contributed by atoms with Gasteiger partial charge >= 0.3 is 0 Å². The SMILES string of the molecule is Cc1ccc2c(N(c3ccccc3)c3cccc4c3oc3ccccc34)cc3c4cc(C)cc5c4c(cc3c2c1)-c1ccc(N(c2ccccc2-c2ccccc2)c2cccc3c2oc2ccccc23)cc1O5. The van der Waals surface area contributed by atoms with Crippen LogP contribution in [0, 0.1) is 13.8 Å². The van der Waals surface area contributed by atoms with Gasteiger partial charge in [0.05, 0.1) is 28.4 Å². The van der Waals surface area contributed by atoms with Gasteiger partial charge in [0.1, 0.15) is 22.7 Å². The fourth-order valence-electron chi connectivity index (χ4n) is 11.7. The Labute approximate surface area is 420 Å². The molecule has 3 heterocycles. The van der Waals surface area contributed by atoms with Crippen LogP contribution in [0.1, 0.15) is 11.1 Å². The van der Waals surface area contributed by atoms with Crippen LogP contribution in [0.15, 0.2) is 239 Å². The molecule has 0 atom stereocenters. The maximum absolute atomic E-state index is 7.22. The van der Waals surface area contributed by atoms with Gasteiger partial charge in [-0.15, -0.1) is 0 Å². The minimum absolute atomic E-state index is 0.793. The first-order valence-corrected chi connectivity index (χ1v) is 24.9. The first kappa shape index (κ1) is 41.2. The van der Waals surface area contributed by atoms with Crippen molar-refractivity contribution in [1.29, 1.82) is 0 Å². The van der Waals surface area contributed by atoms with Crippen molar-refractivity contribution >= 4 is 110 Å². The third-order valence-electron chi connectivity index (χ3n) is 14.9. The Balaban J connectivity index is 0.966. The molecule has 1 aliphatic heterocycles. The van der Waals surface area contributed by atoms with E-state index >= 15 is 0 Å². The predicted molar refractivity (Wildman–Crippen MR) is 303 cm³/mol. The van der Waals surface area contributed by atoms with Gasteiger partial charge in [0, 0.05) is 55.2 Å². The summed E-state index contributed by atoms with van der Waals surface area (Å²) in [4.78, 5) is 4.71. The molecule has 0 N–H and O–H groups in total. The zero-order chi connectivity index (χ0) is 48.3. The predicted octanol–water partition coefficient (Wildman–Crippen LogP) is 19.9. The summed E-state index contributed by atoms with van der Waals surface area (Å²) in [6.45, 7) is 4.36. The van der Waals surface area contributed by atoms with Gasteiger partial charge in [-0.2, -0.15) is 0 Å². The van der Waals surface area contributed by atoms with Gasteiger partial charge in [-0.1, -0.05) is 157 Å². The molecule has 0 saturated heterocycles. The Bertz CT molecular complexity index is 4570. The lowest BCUT2D eigenvalue weighted by Gasteiger charge is -2.30. The molecule has 0 saturated carbocycles. The molecule has 0 fully saturated rings. The van der Waals surface area contributed by atoms with E-state index < -0.39 is 0 Å². The summed E-state index contributed by atoms with van der Waals surface area (Å²) in [6.07, 6.45) is 0. The van der Waals surface area contributed by atoms with Crippen molar-refractivity contribution in [2.75, 3.05) is 9.80 Å². The van der Waals surface area contributed by atoms with E-state index in [0.717, 1.165) is 139 Å². The molecule has 5 nitrogen and oxygen atoms in total. The molecule has 0 bridgehead atoms. The Morgan fingerprint density at radius 3 is 1.60 bits per heavy atom. The molecule has 2 aromatic heterocycles. The summed E-state index contributed by atoms with van der Waals surface area (Å²) in [5.74, 6) is 1.63. The molecule has 1 aliphatic rings. The van der Waals surface area contributed by atoms with Crippen LogP contribution < -0.4 is 14.5 Å². The summed E-state index contributed by atoms with van der Waals surface area (Å²) >= 11 is 0. The standard InChI is InChI=1S/C68H44N2O3/c1-41-31-33-47-53(35-41)54-39-57-50-34-32-45(70(58-26-12-9-21-46(58)43-17-5-3-6-18-43)60-28-16-25-52-49-23-11-14-30-63(49)73-68(52)60)38-64(50)71-65-37-42(2)36-56(66(57)65)55(54)40-61(47)69(44-19-7-4-8-20-44)59-27-15-24-51-48-22-10-13-29-62(48)72-67(51)59/h3-40H,1-2H3. The van der Waals surface area contributed by atoms with Crippen molar-refractivity contribution in [3.05, 3.63) is 242 Å². The lowest BCUT2D eigenvalue weighted by molar-refractivity contribution is 0.487. The van der Waals surface area contributed by atoms with E-state index in [1.165, 1.54) is 16.3 Å². The minimum Gasteiger partial charge on any atom is -0.456 e. The van der Waals surface area contributed by atoms with Crippen molar-refractivity contribution in [3.8, 4) is 33.8 Å². The molecule has 73 heavy (non-hydrogen) atoms. The number of hydrogen-bond acceptors (Lipinski definition) is 5. The topological polar surface area (TPSA) is 42.0 Å². The minimum atomic E-state index is 0.793. The van der Waals surface area contributed by atoms with Crippen LogP contribution in [0.2, 0.25) is 0 Å². The summed E-state index contributed by atoms with van der Waals surface area (Å²) in [6, 6.07) is 82.3. The van der Waals surface area contributed by atoms with Gasteiger partial charge in [0.15, 0.2) is 11.2 Å². The second-order valence-corrected chi connectivity index (χ2v) is 19.3. The van der Waals surface area contributed by atoms with E-state index in [0.29, 0.717) is 0 Å². The Kier molecular flexibility index (Phi) is 9.02. The molecule has 12 aromatic carbocycles. The van der Waals surface area contributed by atoms with Gasteiger partial charge in [-0.05, 0) is 125 Å². The number of ether oxygens (including phenoxy) is 1. The van der Waals surface area contributed by atoms with Gasteiger partial charge in [-0.25, -0.2) is 0 Å². The number of fused-ring (bicyclic) bond motifs is 12. The molecular weight excluding hydrogens is 893 g/mol. The first-order chi connectivity index (χ1) is 36.0. The second-order valence-electron chi connectivity index (χ2n) is 19.3. The van der Waals surface area contributed by atoms with Crippen molar-refractivity contribution in [2.24, 2.45) is 0 Å². The molecule has 0 spiro atoms. The maximum Gasteiger partial charge on any atom is 0.159 e. The molecule has 344 valence electrons. The number of hydrogen-bond donors (Lipinski definition) is 0. The third-order valence-corrected chi connectivity index (χ3v) is 14.9. The van der Waals surface area contributed by atoms with Gasteiger partial charge in [-0.3, -0.25) is 0 Å². The number of furan rings is 2. The van der Waals surface area contributed by atoms with Crippen LogP contribution in [0.25, 0.3) is 98.4 Å². The number of aryl methyl sites for hydroxylation is 2. The van der Waals surface area contributed by atoms with Crippen molar-refractivity contribution < 1.29 is 13.6 Å². The number of rotatable bonds is 7. The quantitative estimate of drug-likeness (QED) is 0.149. The highest BCUT2D eigenvalue weighted by Crippen LogP contribution is 2.55. The van der Waals surface area contributed by atoms with Crippen LogP contribution >= 0.6 is 0 Å². The van der Waals surface area contributed by atoms with E-state index in [9.17, 15) is 0 Å². The Hall–Kier alpha value is -9.58. The van der Waals surface area contributed by atoms with Gasteiger partial charge < -0.3 is 23.4 Å². The Morgan fingerprint density at radius 2 is 0.877 bits per heavy atom. The fraction of sp³-hybridized carbons (Fsp3) is 0.0294. The average molecular weight is 937 g/mol. The number of anilines is 6. The van der Waals surface area contributed by atoms with Crippen LogP contribution in [-0.2, 0) is 0 Å². The highest BCUT2D eigenvalue weighted by Gasteiger charge is 2.29. The molecule has 0 radical (unpaired) electrons. The van der Waals surface area contributed by atoms with Crippen LogP contribution in [0.3, 0.4) is 0 Å². The molecular formula is C68H44N2O3. The molecule has 0 aliphatic carbocycles. The fourth-order valence-corrected chi connectivity index (χ4v) is 11.7. The van der Waals surface area contributed by atoms with E-state index in [1.807, 2.05) is 18.2 Å². The van der Waals surface area contributed by atoms with Crippen LogP contribution in [-0.4, -0.2) is 0 Å². The summed E-state index contributed by atoms with van der Waals surface area (Å²) < 4.78 is 20.8. The number of para-hydroxylation sites is 6. The van der Waals surface area contributed by atoms with Crippen molar-refractivity contribution in [2.45, 2.75) is 13.8 Å². The molecule has 0 unspecified atom stereocenters. The molecule has 5 heteroatoms. The highest BCUT2D eigenvalue weighted by molar-refractivity contribution is 6.26. The molecule has 0 amide bonds. The smallest absolute Gasteiger partial charge is 0.159 e. The molecule has 14 aromatic rings. The summed E-state index contributed by atoms with van der Waals surface area (Å²) in [5.41, 5.74) is 16.1. The molecule has 15 rings (SSSR count). The second kappa shape index (κ2) is 16.0. The van der Waals surface area contributed by atoms with E-state index in [4.69, 9.17) is 13.6 Å². The van der Waals surface area contributed by atoms with E-state index in [1.54, 1.807) is 0 Å². The van der Waals surface area contributed by atoms with Crippen LogP contribution in [0.4, 0.5) is 34.1 Å². The van der Waals surface area contributed by atoms with E-state index in [2.05, 4.69) is 236 Å². The third kappa shape index (κ3) is 6.35.